The van der Waals surface area contributed by atoms with Crippen molar-refractivity contribution in [3.05, 3.63) is 40.2 Å². The molecule has 1 N–H and O–H groups in total. The van der Waals surface area contributed by atoms with Crippen molar-refractivity contribution in [2.75, 3.05) is 12.4 Å². The SMILES string of the molecule is COC(=O)c1sc(Nc2cc(F)cc(F)c2F)nc1C. The minimum atomic E-state index is -1.31. The average Bonchev–Trinajstić information content (AvgIpc) is 2.75. The summed E-state index contributed by atoms with van der Waals surface area (Å²) in [5.41, 5.74) is -0.0192. The Balaban J connectivity index is 2.34. The Bertz CT molecular complexity index is 673. The summed E-state index contributed by atoms with van der Waals surface area (Å²) < 4.78 is 44.1. The Hall–Kier alpha value is -2.09. The second kappa shape index (κ2) is 5.49. The average molecular weight is 302 g/mol. The highest BCUT2D eigenvalue weighted by molar-refractivity contribution is 7.17. The maximum absolute atomic E-state index is 13.5. The zero-order valence-electron chi connectivity index (χ0n) is 10.5. The maximum atomic E-state index is 13.5. The van der Waals surface area contributed by atoms with Crippen LogP contribution < -0.4 is 5.32 Å². The Morgan fingerprint density at radius 3 is 2.70 bits per heavy atom. The second-order valence-electron chi connectivity index (χ2n) is 3.80. The number of benzene rings is 1. The van der Waals surface area contributed by atoms with Gasteiger partial charge in [-0.15, -0.1) is 0 Å². The zero-order chi connectivity index (χ0) is 14.9. The number of aryl methyl sites for hydroxylation is 1. The first-order valence-electron chi connectivity index (χ1n) is 5.39. The van der Waals surface area contributed by atoms with E-state index in [9.17, 15) is 18.0 Å². The number of esters is 1. The van der Waals surface area contributed by atoms with E-state index in [4.69, 9.17) is 0 Å². The number of ether oxygens (including phenoxy) is 1. The van der Waals surface area contributed by atoms with Gasteiger partial charge in [-0.2, -0.15) is 0 Å². The van der Waals surface area contributed by atoms with Crippen LogP contribution in [0.4, 0.5) is 24.0 Å². The fraction of sp³-hybridized carbons (Fsp3) is 0.167. The molecule has 1 aromatic carbocycles. The normalized spacial score (nSPS) is 10.4. The topological polar surface area (TPSA) is 51.2 Å². The van der Waals surface area contributed by atoms with E-state index in [0.717, 1.165) is 17.4 Å². The summed E-state index contributed by atoms with van der Waals surface area (Å²) in [5, 5.41) is 2.57. The number of aromatic nitrogens is 1. The molecule has 0 aliphatic heterocycles. The molecule has 0 bridgehead atoms. The number of rotatable bonds is 3. The van der Waals surface area contributed by atoms with Gasteiger partial charge in [-0.05, 0) is 6.92 Å². The molecule has 0 saturated heterocycles. The van der Waals surface area contributed by atoms with Gasteiger partial charge < -0.3 is 10.1 Å². The summed E-state index contributed by atoms with van der Waals surface area (Å²) in [6.07, 6.45) is 0. The van der Waals surface area contributed by atoms with E-state index < -0.39 is 29.1 Å². The first kappa shape index (κ1) is 14.3. The lowest BCUT2D eigenvalue weighted by atomic mass is 10.3. The lowest BCUT2D eigenvalue weighted by Crippen LogP contribution is -1.99. The zero-order valence-corrected chi connectivity index (χ0v) is 11.3. The van der Waals surface area contributed by atoms with Crippen molar-refractivity contribution in [2.45, 2.75) is 6.92 Å². The molecule has 4 nitrogen and oxygen atoms in total. The van der Waals surface area contributed by atoms with Gasteiger partial charge in [-0.25, -0.2) is 22.9 Å². The van der Waals surface area contributed by atoms with Crippen molar-refractivity contribution < 1.29 is 22.7 Å². The highest BCUT2D eigenvalue weighted by atomic mass is 32.1. The number of hydrogen-bond acceptors (Lipinski definition) is 5. The number of anilines is 2. The summed E-state index contributed by atoms with van der Waals surface area (Å²) >= 11 is 0.899. The first-order chi connectivity index (χ1) is 9.42. The summed E-state index contributed by atoms with van der Waals surface area (Å²) in [6.45, 7) is 1.57. The largest absolute Gasteiger partial charge is 0.465 e. The van der Waals surface area contributed by atoms with Gasteiger partial charge in [0.2, 0.25) is 0 Å². The first-order valence-corrected chi connectivity index (χ1v) is 6.21. The molecular formula is C12H9F3N2O2S. The van der Waals surface area contributed by atoms with Crippen molar-refractivity contribution in [2.24, 2.45) is 0 Å². The van der Waals surface area contributed by atoms with Gasteiger partial charge >= 0.3 is 5.97 Å². The quantitative estimate of drug-likeness (QED) is 0.697. The number of carbonyl (C=O) groups excluding carboxylic acids is 1. The fourth-order valence-electron chi connectivity index (χ4n) is 1.49. The third-order valence-electron chi connectivity index (χ3n) is 2.40. The van der Waals surface area contributed by atoms with Crippen LogP contribution in [0.2, 0.25) is 0 Å². The van der Waals surface area contributed by atoms with E-state index in [1.54, 1.807) is 6.92 Å². The van der Waals surface area contributed by atoms with E-state index in [1.807, 2.05) is 0 Å². The molecule has 0 radical (unpaired) electrons. The maximum Gasteiger partial charge on any atom is 0.350 e. The summed E-state index contributed by atoms with van der Waals surface area (Å²) in [7, 11) is 1.22. The van der Waals surface area contributed by atoms with Gasteiger partial charge in [0.15, 0.2) is 16.8 Å². The predicted octanol–water partition coefficient (Wildman–Crippen LogP) is 3.40. The summed E-state index contributed by atoms with van der Waals surface area (Å²) in [4.78, 5) is 15.6. The molecule has 2 aromatic rings. The lowest BCUT2D eigenvalue weighted by Gasteiger charge is -2.04. The van der Waals surface area contributed by atoms with E-state index in [1.165, 1.54) is 7.11 Å². The van der Waals surface area contributed by atoms with E-state index in [-0.39, 0.29) is 10.0 Å². The van der Waals surface area contributed by atoms with Gasteiger partial charge in [0.25, 0.3) is 0 Å². The Morgan fingerprint density at radius 1 is 1.35 bits per heavy atom. The third-order valence-corrected chi connectivity index (χ3v) is 3.45. The van der Waals surface area contributed by atoms with Gasteiger partial charge in [0.05, 0.1) is 18.5 Å². The van der Waals surface area contributed by atoms with Crippen LogP contribution in [0.25, 0.3) is 0 Å². The highest BCUT2D eigenvalue weighted by Gasteiger charge is 2.17. The van der Waals surface area contributed by atoms with Crippen molar-refractivity contribution in [1.29, 1.82) is 0 Å². The van der Waals surface area contributed by atoms with Crippen LogP contribution in [0.15, 0.2) is 12.1 Å². The molecule has 0 atom stereocenters. The number of nitrogens with one attached hydrogen (secondary N) is 1. The molecular weight excluding hydrogens is 293 g/mol. The molecule has 2 rings (SSSR count). The van der Waals surface area contributed by atoms with Crippen LogP contribution in [-0.2, 0) is 4.74 Å². The second-order valence-corrected chi connectivity index (χ2v) is 4.80. The van der Waals surface area contributed by atoms with Gasteiger partial charge in [0, 0.05) is 12.1 Å². The molecule has 20 heavy (non-hydrogen) atoms. The smallest absolute Gasteiger partial charge is 0.350 e. The lowest BCUT2D eigenvalue weighted by molar-refractivity contribution is 0.0605. The number of nitrogens with zero attached hydrogens (tertiary/aromatic N) is 1. The van der Waals surface area contributed by atoms with Crippen LogP contribution in [0.5, 0.6) is 0 Å². The number of thiazole rings is 1. The molecule has 0 aliphatic rings. The van der Waals surface area contributed by atoms with Crippen LogP contribution in [0, 0.1) is 24.4 Å². The molecule has 1 aromatic heterocycles. The standard InChI is InChI=1S/C12H9F3N2O2S/c1-5-10(11(18)19-2)20-12(16-5)17-8-4-6(13)3-7(14)9(8)15/h3-4H,1-2H3,(H,16,17). The molecule has 0 saturated carbocycles. The van der Waals surface area contributed by atoms with Gasteiger partial charge in [-0.3, -0.25) is 0 Å². The third kappa shape index (κ3) is 2.74. The van der Waals surface area contributed by atoms with Gasteiger partial charge in [-0.1, -0.05) is 11.3 Å². The van der Waals surface area contributed by atoms with Crippen LogP contribution in [-0.4, -0.2) is 18.1 Å². The molecule has 0 spiro atoms. The minimum absolute atomic E-state index is 0.131. The molecule has 8 heteroatoms. The van der Waals surface area contributed by atoms with Crippen molar-refractivity contribution >= 4 is 28.1 Å². The predicted molar refractivity (Wildman–Crippen MR) is 67.8 cm³/mol. The van der Waals surface area contributed by atoms with Crippen LogP contribution >= 0.6 is 11.3 Å². The Labute approximate surface area is 116 Å². The molecule has 0 unspecified atom stereocenters. The molecule has 1 heterocycles. The number of carbonyl (C=O) groups is 1. The fourth-order valence-corrected chi connectivity index (χ4v) is 2.39. The summed E-state index contributed by atoms with van der Waals surface area (Å²) in [5.74, 6) is -4.04. The molecule has 0 aliphatic carbocycles. The number of methoxy groups -OCH3 is 1. The minimum Gasteiger partial charge on any atom is -0.465 e. The van der Waals surface area contributed by atoms with Crippen molar-refractivity contribution in [1.82, 2.24) is 4.98 Å². The summed E-state index contributed by atoms with van der Waals surface area (Å²) in [6, 6.07) is 1.24. The van der Waals surface area contributed by atoms with E-state index >= 15 is 0 Å². The monoisotopic (exact) mass is 302 g/mol. The molecule has 106 valence electrons. The molecule has 0 amide bonds. The number of halogens is 3. The Kier molecular flexibility index (Phi) is 3.93. The van der Waals surface area contributed by atoms with Crippen molar-refractivity contribution in [3.8, 4) is 0 Å². The number of hydrogen-bond donors (Lipinski definition) is 1. The Morgan fingerprint density at radius 2 is 2.05 bits per heavy atom. The van der Waals surface area contributed by atoms with Crippen molar-refractivity contribution in [3.63, 3.8) is 0 Å². The molecule has 0 fully saturated rings. The van der Waals surface area contributed by atoms with E-state index in [2.05, 4.69) is 15.0 Å². The van der Waals surface area contributed by atoms with Crippen LogP contribution in [0.1, 0.15) is 15.4 Å². The van der Waals surface area contributed by atoms with Gasteiger partial charge in [0.1, 0.15) is 10.7 Å². The van der Waals surface area contributed by atoms with E-state index in [0.29, 0.717) is 11.8 Å². The van der Waals surface area contributed by atoms with Crippen LogP contribution in [0.3, 0.4) is 0 Å². The highest BCUT2D eigenvalue weighted by Crippen LogP contribution is 2.28.